The van der Waals surface area contributed by atoms with Crippen molar-refractivity contribution in [2.75, 3.05) is 24.5 Å². The van der Waals surface area contributed by atoms with Crippen LogP contribution in [0.5, 0.6) is 0 Å². The van der Waals surface area contributed by atoms with E-state index in [9.17, 15) is 19.2 Å². The molecule has 0 saturated carbocycles. The number of nitrogens with two attached hydrogens (primary N) is 1. The van der Waals surface area contributed by atoms with Crippen LogP contribution in [0.2, 0.25) is 0 Å². The second-order valence-electron chi connectivity index (χ2n) is 13.5. The third-order valence-corrected chi connectivity index (χ3v) is 9.16. The lowest BCUT2D eigenvalue weighted by Crippen LogP contribution is -2.69. The van der Waals surface area contributed by atoms with Crippen LogP contribution >= 0.6 is 0 Å². The lowest BCUT2D eigenvalue weighted by molar-refractivity contribution is -0.172. The third kappa shape index (κ3) is 7.62. The Kier molecular flexibility index (Phi) is 10.8. The maximum absolute atomic E-state index is 13.4. The van der Waals surface area contributed by atoms with Crippen molar-refractivity contribution in [2.24, 2.45) is 17.1 Å². The van der Waals surface area contributed by atoms with Crippen LogP contribution in [0.3, 0.4) is 0 Å². The fraction of sp³-hybridized carbons (Fsp3) is 0.647. The molecule has 3 aliphatic rings. The van der Waals surface area contributed by atoms with Gasteiger partial charge in [-0.2, -0.15) is 0 Å². The summed E-state index contributed by atoms with van der Waals surface area (Å²) in [7, 11) is 0. The zero-order chi connectivity index (χ0) is 32.1. The molecule has 1 aromatic rings. The number of nitrogens with one attached hydrogen (secondary N) is 1. The number of ether oxygens (including phenoxy) is 2. The second-order valence-corrected chi connectivity index (χ2v) is 13.5. The Morgan fingerprint density at radius 2 is 1.91 bits per heavy atom. The highest BCUT2D eigenvalue weighted by atomic mass is 16.6. The number of fused-ring (bicyclic) bond motifs is 1. The van der Waals surface area contributed by atoms with Crippen LogP contribution in [0.1, 0.15) is 101 Å². The van der Waals surface area contributed by atoms with Gasteiger partial charge in [0.25, 0.3) is 5.91 Å². The number of rotatable bonds is 14. The molecule has 2 amide bonds. The highest BCUT2D eigenvalue weighted by Crippen LogP contribution is 2.48. The number of amides is 2. The Morgan fingerprint density at radius 1 is 1.18 bits per heavy atom. The molecule has 3 heterocycles. The Balaban J connectivity index is 1.48. The summed E-state index contributed by atoms with van der Waals surface area (Å²) in [5.74, 6) is -1.67. The monoisotopic (exact) mass is 610 g/mol. The minimum atomic E-state index is -0.931. The molecule has 3 aliphatic heterocycles. The Bertz CT molecular complexity index is 1230. The molecule has 2 unspecified atom stereocenters. The van der Waals surface area contributed by atoms with Gasteiger partial charge < -0.3 is 30.3 Å². The highest BCUT2D eigenvalue weighted by molar-refractivity contribution is 6.01. The first-order chi connectivity index (χ1) is 20.9. The number of hydrogen-bond donors (Lipinski definition) is 2. The van der Waals surface area contributed by atoms with E-state index < -0.39 is 23.5 Å². The molecular weight excluding hydrogens is 560 g/mol. The minimum Gasteiger partial charge on any atom is -0.460 e. The summed E-state index contributed by atoms with van der Waals surface area (Å²) in [4.78, 5) is 55.1. The minimum absolute atomic E-state index is 0.0268. The maximum atomic E-state index is 13.4. The zero-order valence-electron chi connectivity index (χ0n) is 26.9. The lowest BCUT2D eigenvalue weighted by Gasteiger charge is -2.59. The van der Waals surface area contributed by atoms with E-state index in [-0.39, 0.29) is 48.8 Å². The zero-order valence-corrected chi connectivity index (χ0v) is 26.9. The van der Waals surface area contributed by atoms with Crippen molar-refractivity contribution in [3.63, 3.8) is 0 Å². The van der Waals surface area contributed by atoms with Gasteiger partial charge in [0.05, 0.1) is 5.92 Å². The van der Waals surface area contributed by atoms with E-state index in [1.165, 1.54) is 4.90 Å². The average molecular weight is 611 g/mol. The fourth-order valence-electron chi connectivity index (χ4n) is 6.70. The first-order valence-electron chi connectivity index (χ1n) is 16.1. The van der Waals surface area contributed by atoms with Crippen molar-refractivity contribution in [1.29, 1.82) is 0 Å². The van der Waals surface area contributed by atoms with E-state index in [1.54, 1.807) is 26.8 Å². The predicted octanol–water partition coefficient (Wildman–Crippen LogP) is 4.45. The van der Waals surface area contributed by atoms with Gasteiger partial charge >= 0.3 is 11.9 Å². The third-order valence-electron chi connectivity index (χ3n) is 9.16. The second kappa shape index (κ2) is 14.1. The quantitative estimate of drug-likeness (QED) is 0.180. The van der Waals surface area contributed by atoms with Gasteiger partial charge in [0, 0.05) is 36.2 Å². The van der Waals surface area contributed by atoms with Gasteiger partial charge in [-0.15, -0.1) is 6.58 Å². The van der Waals surface area contributed by atoms with Crippen molar-refractivity contribution in [2.45, 2.75) is 110 Å². The number of anilines is 1. The summed E-state index contributed by atoms with van der Waals surface area (Å²) in [5.41, 5.74) is 7.12. The van der Waals surface area contributed by atoms with Crippen LogP contribution in [0, 0.1) is 11.3 Å². The standard InChI is InChI=1S/C34H50N4O6/c1-6-8-9-10-11-23(7-2)31(42)43-32-34(16-18-36-19-17-34)22-38(32)25-12-13-26-24(20-25)21-37(30(26)41)27(29(35)40)14-15-28(39)44-33(3,4)5/h6,12-13,20,23,27,32,36H,1,7-11,14-19,21-22H2,2-5H3,(H2,35,40)/t23?,27?,32-/m0/s1. The van der Waals surface area contributed by atoms with E-state index in [2.05, 4.69) is 16.8 Å². The molecule has 10 nitrogen and oxygen atoms in total. The van der Waals surface area contributed by atoms with Crippen LogP contribution < -0.4 is 16.0 Å². The van der Waals surface area contributed by atoms with Gasteiger partial charge in [-0.3, -0.25) is 19.2 Å². The van der Waals surface area contributed by atoms with Gasteiger partial charge in [-0.05, 0) is 103 Å². The van der Waals surface area contributed by atoms with Crippen molar-refractivity contribution in [3.05, 3.63) is 42.0 Å². The molecule has 1 spiro atoms. The van der Waals surface area contributed by atoms with E-state index in [4.69, 9.17) is 15.2 Å². The molecule has 242 valence electrons. The number of benzene rings is 1. The first kappa shape index (κ1) is 33.5. The number of carbonyl (C=O) groups is 4. The highest BCUT2D eigenvalue weighted by Gasteiger charge is 2.55. The van der Waals surface area contributed by atoms with E-state index >= 15 is 0 Å². The van der Waals surface area contributed by atoms with Crippen molar-refractivity contribution < 1.29 is 28.7 Å². The SMILES string of the molecule is C=CCCCCC(CC)C(=O)O[C@@H]1N(c2ccc3c(c2)CN(C(CCC(=O)OC(C)(C)C)C(N)=O)C3=O)CC12CCNCC2. The number of allylic oxidation sites excluding steroid dienone is 1. The molecule has 3 atom stereocenters. The molecule has 10 heteroatoms. The van der Waals surface area contributed by atoms with E-state index in [0.717, 1.165) is 75.8 Å². The maximum Gasteiger partial charge on any atom is 0.310 e. The molecule has 0 radical (unpaired) electrons. The van der Waals surface area contributed by atoms with Gasteiger partial charge in [-0.25, -0.2) is 0 Å². The Hall–Kier alpha value is -3.40. The van der Waals surface area contributed by atoms with Crippen LogP contribution in [0.15, 0.2) is 30.9 Å². The number of esters is 2. The Morgan fingerprint density at radius 3 is 2.55 bits per heavy atom. The summed E-state index contributed by atoms with van der Waals surface area (Å²) in [5, 5.41) is 3.43. The van der Waals surface area contributed by atoms with E-state index in [1.807, 2.05) is 25.1 Å². The summed E-state index contributed by atoms with van der Waals surface area (Å²) < 4.78 is 11.7. The molecule has 44 heavy (non-hydrogen) atoms. The van der Waals surface area contributed by atoms with E-state index in [0.29, 0.717) is 5.56 Å². The molecule has 1 aromatic carbocycles. The molecule has 0 aromatic heterocycles. The van der Waals surface area contributed by atoms with Crippen molar-refractivity contribution in [3.8, 4) is 0 Å². The van der Waals surface area contributed by atoms with Crippen molar-refractivity contribution in [1.82, 2.24) is 10.2 Å². The number of primary amides is 1. The Labute approximate surface area is 261 Å². The van der Waals surface area contributed by atoms with Gasteiger partial charge in [-0.1, -0.05) is 19.4 Å². The van der Waals surface area contributed by atoms with Gasteiger partial charge in [0.15, 0.2) is 6.23 Å². The topological polar surface area (TPSA) is 131 Å². The summed E-state index contributed by atoms with van der Waals surface area (Å²) >= 11 is 0. The number of nitrogens with zero attached hydrogens (tertiary/aromatic N) is 2. The normalized spacial score (nSPS) is 20.5. The largest absolute Gasteiger partial charge is 0.460 e. The molecule has 3 N–H and O–H groups in total. The smallest absolute Gasteiger partial charge is 0.310 e. The summed E-state index contributed by atoms with van der Waals surface area (Å²) in [6, 6.07) is 4.70. The van der Waals surface area contributed by atoms with Gasteiger partial charge in [0.1, 0.15) is 11.6 Å². The molecule has 2 fully saturated rings. The molecular formula is C34H50N4O6. The first-order valence-corrected chi connectivity index (χ1v) is 16.1. The molecule has 0 bridgehead atoms. The van der Waals surface area contributed by atoms with Crippen molar-refractivity contribution >= 4 is 29.4 Å². The average Bonchev–Trinajstić information content (AvgIpc) is 3.29. The molecule has 4 rings (SSSR count). The number of carbonyl (C=O) groups excluding carboxylic acids is 4. The van der Waals surface area contributed by atoms with Gasteiger partial charge in [0.2, 0.25) is 5.91 Å². The lowest BCUT2D eigenvalue weighted by atomic mass is 9.70. The number of unbranched alkanes of at least 4 members (excludes halogenated alkanes) is 2. The fourth-order valence-corrected chi connectivity index (χ4v) is 6.70. The molecule has 0 aliphatic carbocycles. The predicted molar refractivity (Wildman–Crippen MR) is 169 cm³/mol. The summed E-state index contributed by atoms with van der Waals surface area (Å²) in [6.45, 7) is 13.9. The van der Waals surface area contributed by atoms with Crippen LogP contribution in [-0.4, -0.2) is 66.2 Å². The van der Waals surface area contributed by atoms with Crippen LogP contribution in [0.4, 0.5) is 5.69 Å². The summed E-state index contributed by atoms with van der Waals surface area (Å²) in [6.07, 6.45) is 7.90. The number of hydrogen-bond acceptors (Lipinski definition) is 8. The van der Waals surface area contributed by atoms with Crippen LogP contribution in [-0.2, 0) is 30.4 Å². The number of piperidine rings is 1. The molecule has 2 saturated heterocycles. The van der Waals surface area contributed by atoms with Crippen LogP contribution in [0.25, 0.3) is 0 Å².